The number of carboxylic acids is 1. The van der Waals surface area contributed by atoms with Crippen LogP contribution in [0.3, 0.4) is 0 Å². The Morgan fingerprint density at radius 2 is 2.00 bits per heavy atom. The van der Waals surface area contributed by atoms with Gasteiger partial charge >= 0.3 is 5.97 Å². The first-order valence-electron chi connectivity index (χ1n) is 6.08. The average Bonchev–Trinajstić information content (AvgIpc) is 2.81. The molecule has 1 saturated heterocycles. The van der Waals surface area contributed by atoms with Crippen molar-refractivity contribution in [1.82, 2.24) is 4.90 Å². The van der Waals surface area contributed by atoms with Crippen LogP contribution >= 0.6 is 0 Å². The molecule has 1 aliphatic heterocycles. The number of nitrogens with zero attached hydrogens (tertiary/aromatic N) is 1. The molecule has 1 amide bonds. The maximum Gasteiger partial charge on any atom is 0.308 e. The van der Waals surface area contributed by atoms with Crippen molar-refractivity contribution in [3.8, 4) is 0 Å². The number of carbonyl (C=O) groups excluding carboxylic acids is 1. The maximum absolute atomic E-state index is 12.2. The lowest BCUT2D eigenvalue weighted by molar-refractivity contribution is -0.141. The van der Waals surface area contributed by atoms with Gasteiger partial charge in [-0.3, -0.25) is 9.59 Å². The van der Waals surface area contributed by atoms with E-state index in [2.05, 4.69) is 0 Å². The third-order valence-corrected chi connectivity index (χ3v) is 3.58. The molecule has 1 N–H and O–H groups in total. The summed E-state index contributed by atoms with van der Waals surface area (Å²) < 4.78 is 0. The Morgan fingerprint density at radius 1 is 1.28 bits per heavy atom. The number of carboxylic acid groups (broad SMARTS) is 1. The van der Waals surface area contributed by atoms with Crippen molar-refractivity contribution in [2.75, 3.05) is 13.1 Å². The van der Waals surface area contributed by atoms with E-state index in [1.807, 2.05) is 26.0 Å². The Bertz CT molecular complexity index is 496. The Kier molecular flexibility index (Phi) is 3.36. The van der Waals surface area contributed by atoms with Gasteiger partial charge in [0.2, 0.25) is 0 Å². The summed E-state index contributed by atoms with van der Waals surface area (Å²) in [7, 11) is 0. The second-order valence-electron chi connectivity index (χ2n) is 4.87. The van der Waals surface area contributed by atoms with Crippen LogP contribution in [0.2, 0.25) is 0 Å². The van der Waals surface area contributed by atoms with E-state index in [9.17, 15) is 9.59 Å². The van der Waals surface area contributed by atoms with Gasteiger partial charge in [0.15, 0.2) is 0 Å². The smallest absolute Gasteiger partial charge is 0.308 e. The summed E-state index contributed by atoms with van der Waals surface area (Å²) in [6.45, 7) is 4.82. The van der Waals surface area contributed by atoms with E-state index in [0.717, 1.165) is 11.1 Å². The minimum Gasteiger partial charge on any atom is -0.481 e. The molecule has 0 radical (unpaired) electrons. The van der Waals surface area contributed by atoms with E-state index >= 15 is 0 Å². The van der Waals surface area contributed by atoms with Crippen LogP contribution in [-0.4, -0.2) is 35.0 Å². The molecule has 0 aromatic heterocycles. The monoisotopic (exact) mass is 247 g/mol. The van der Waals surface area contributed by atoms with E-state index in [0.29, 0.717) is 25.1 Å². The molecule has 1 aromatic rings. The van der Waals surface area contributed by atoms with Crippen LogP contribution in [0, 0.1) is 19.8 Å². The van der Waals surface area contributed by atoms with Gasteiger partial charge in [-0.25, -0.2) is 0 Å². The van der Waals surface area contributed by atoms with Crippen molar-refractivity contribution in [1.29, 1.82) is 0 Å². The lowest BCUT2D eigenvalue weighted by Gasteiger charge is -2.16. The first kappa shape index (κ1) is 12.6. The summed E-state index contributed by atoms with van der Waals surface area (Å²) in [6, 6.07) is 5.60. The van der Waals surface area contributed by atoms with E-state index in [-0.39, 0.29) is 5.91 Å². The molecule has 1 aromatic carbocycles. The van der Waals surface area contributed by atoms with E-state index in [4.69, 9.17) is 5.11 Å². The maximum atomic E-state index is 12.2. The van der Waals surface area contributed by atoms with Crippen molar-refractivity contribution in [2.45, 2.75) is 20.3 Å². The predicted octanol–water partition coefficient (Wildman–Crippen LogP) is 1.85. The summed E-state index contributed by atoms with van der Waals surface area (Å²) in [6.07, 6.45) is 0.548. The number of hydrogen-bond acceptors (Lipinski definition) is 2. The normalized spacial score (nSPS) is 19.0. The van der Waals surface area contributed by atoms with Gasteiger partial charge in [-0.2, -0.15) is 0 Å². The highest BCUT2D eigenvalue weighted by Crippen LogP contribution is 2.20. The molecule has 1 atom stereocenters. The zero-order valence-electron chi connectivity index (χ0n) is 10.6. The minimum atomic E-state index is -0.814. The van der Waals surface area contributed by atoms with E-state index in [1.54, 1.807) is 11.0 Å². The largest absolute Gasteiger partial charge is 0.481 e. The molecular formula is C14H17NO3. The van der Waals surface area contributed by atoms with Crippen LogP contribution in [0.1, 0.15) is 27.9 Å². The topological polar surface area (TPSA) is 57.6 Å². The Labute approximate surface area is 106 Å². The van der Waals surface area contributed by atoms with E-state index < -0.39 is 11.9 Å². The zero-order chi connectivity index (χ0) is 13.3. The van der Waals surface area contributed by atoms with Gasteiger partial charge in [0.25, 0.3) is 5.91 Å². The number of rotatable bonds is 2. The van der Waals surface area contributed by atoms with Gasteiger partial charge < -0.3 is 10.0 Å². The average molecular weight is 247 g/mol. The van der Waals surface area contributed by atoms with Gasteiger partial charge in [0.1, 0.15) is 0 Å². The molecule has 4 heteroatoms. The number of benzene rings is 1. The van der Waals surface area contributed by atoms with Crippen LogP contribution in [0.5, 0.6) is 0 Å². The molecule has 18 heavy (non-hydrogen) atoms. The Morgan fingerprint density at radius 3 is 2.56 bits per heavy atom. The summed E-state index contributed by atoms with van der Waals surface area (Å²) in [4.78, 5) is 24.7. The number of amides is 1. The fourth-order valence-electron chi connectivity index (χ4n) is 2.20. The SMILES string of the molecule is Cc1ccc(C(=O)N2CCC(C(=O)O)C2)cc1C. The van der Waals surface area contributed by atoms with Crippen molar-refractivity contribution in [3.05, 3.63) is 34.9 Å². The molecule has 1 fully saturated rings. The van der Waals surface area contributed by atoms with Crippen LogP contribution in [0.25, 0.3) is 0 Å². The van der Waals surface area contributed by atoms with Gasteiger partial charge in [-0.1, -0.05) is 6.07 Å². The molecule has 0 aliphatic carbocycles. The highest BCUT2D eigenvalue weighted by atomic mass is 16.4. The number of carbonyl (C=O) groups is 2. The standard InChI is InChI=1S/C14H17NO3/c1-9-3-4-11(7-10(9)2)13(16)15-6-5-12(8-15)14(17)18/h3-4,7,12H,5-6,8H2,1-2H3,(H,17,18). The molecule has 0 spiro atoms. The molecule has 0 bridgehead atoms. The van der Waals surface area contributed by atoms with Crippen molar-refractivity contribution < 1.29 is 14.7 Å². The quantitative estimate of drug-likeness (QED) is 0.867. The van der Waals surface area contributed by atoms with Crippen LogP contribution in [-0.2, 0) is 4.79 Å². The van der Waals surface area contributed by atoms with Crippen molar-refractivity contribution in [2.24, 2.45) is 5.92 Å². The summed E-state index contributed by atoms with van der Waals surface area (Å²) in [5, 5.41) is 8.93. The first-order chi connectivity index (χ1) is 8.49. The predicted molar refractivity (Wildman–Crippen MR) is 67.6 cm³/mol. The fraction of sp³-hybridized carbons (Fsp3) is 0.429. The Balaban J connectivity index is 2.12. The number of aryl methyl sites for hydroxylation is 2. The molecule has 1 unspecified atom stereocenters. The van der Waals surface area contributed by atoms with Gasteiger partial charge in [-0.05, 0) is 43.5 Å². The Hall–Kier alpha value is -1.84. The van der Waals surface area contributed by atoms with Crippen LogP contribution < -0.4 is 0 Å². The molecular weight excluding hydrogens is 230 g/mol. The molecule has 1 heterocycles. The first-order valence-corrected chi connectivity index (χ1v) is 6.08. The van der Waals surface area contributed by atoms with Crippen LogP contribution in [0.4, 0.5) is 0 Å². The van der Waals surface area contributed by atoms with Crippen molar-refractivity contribution in [3.63, 3.8) is 0 Å². The number of likely N-dealkylation sites (tertiary alicyclic amines) is 1. The molecule has 96 valence electrons. The number of aliphatic carboxylic acids is 1. The fourth-order valence-corrected chi connectivity index (χ4v) is 2.20. The lowest BCUT2D eigenvalue weighted by atomic mass is 10.1. The summed E-state index contributed by atoms with van der Waals surface area (Å²) in [5.74, 6) is -1.30. The van der Waals surface area contributed by atoms with E-state index in [1.165, 1.54) is 0 Å². The lowest BCUT2D eigenvalue weighted by Crippen LogP contribution is -2.30. The second-order valence-corrected chi connectivity index (χ2v) is 4.87. The highest BCUT2D eigenvalue weighted by molar-refractivity contribution is 5.95. The third-order valence-electron chi connectivity index (χ3n) is 3.58. The number of hydrogen-bond donors (Lipinski definition) is 1. The highest BCUT2D eigenvalue weighted by Gasteiger charge is 2.31. The summed E-state index contributed by atoms with van der Waals surface area (Å²) in [5.41, 5.74) is 2.87. The van der Waals surface area contributed by atoms with Gasteiger partial charge in [-0.15, -0.1) is 0 Å². The van der Waals surface area contributed by atoms with Crippen LogP contribution in [0.15, 0.2) is 18.2 Å². The summed E-state index contributed by atoms with van der Waals surface area (Å²) >= 11 is 0. The molecule has 1 aliphatic rings. The molecule has 4 nitrogen and oxygen atoms in total. The zero-order valence-corrected chi connectivity index (χ0v) is 10.6. The van der Waals surface area contributed by atoms with Gasteiger partial charge in [0, 0.05) is 18.7 Å². The second kappa shape index (κ2) is 4.80. The molecule has 2 rings (SSSR count). The third kappa shape index (κ3) is 2.37. The van der Waals surface area contributed by atoms with Gasteiger partial charge in [0.05, 0.1) is 5.92 Å². The molecule has 0 saturated carbocycles. The van der Waals surface area contributed by atoms with Crippen molar-refractivity contribution >= 4 is 11.9 Å². The minimum absolute atomic E-state index is 0.0677.